The highest BCUT2D eigenvalue weighted by Gasteiger charge is 2.33. The highest BCUT2D eigenvalue weighted by Crippen LogP contribution is 2.33. The van der Waals surface area contributed by atoms with Crippen molar-refractivity contribution >= 4 is 18.1 Å². The summed E-state index contributed by atoms with van der Waals surface area (Å²) in [6, 6.07) is 5.68. The van der Waals surface area contributed by atoms with E-state index in [1.165, 1.54) is 37.8 Å². The molecule has 0 spiro atoms. The lowest BCUT2D eigenvalue weighted by Crippen LogP contribution is -2.37. The van der Waals surface area contributed by atoms with Crippen LogP contribution in [0.5, 0.6) is 0 Å². The zero-order chi connectivity index (χ0) is 23.8. The normalized spacial score (nSPS) is 17.9. The van der Waals surface area contributed by atoms with Crippen molar-refractivity contribution in [1.82, 2.24) is 15.1 Å². The Morgan fingerprint density at radius 2 is 1.85 bits per heavy atom. The molecule has 2 aliphatic rings. The van der Waals surface area contributed by atoms with E-state index in [4.69, 9.17) is 0 Å². The molecule has 1 atom stereocenters. The molecule has 0 saturated carbocycles. The number of fused-ring (bicyclic) bond motifs is 1. The van der Waals surface area contributed by atoms with Crippen molar-refractivity contribution in [2.24, 2.45) is 5.92 Å². The fourth-order valence-corrected chi connectivity index (χ4v) is 5.54. The summed E-state index contributed by atoms with van der Waals surface area (Å²) in [4.78, 5) is 40.4. The van der Waals surface area contributed by atoms with Gasteiger partial charge in [-0.25, -0.2) is 0 Å². The van der Waals surface area contributed by atoms with Gasteiger partial charge in [-0.1, -0.05) is 38.8 Å². The Hall–Kier alpha value is -2.21. The standard InChI is InChI=1S/C27H41N3O3/c1-4-6-20(7-5-2)17-29-14-12-21(13-15-29)22-8-10-25-23(16-22)18-30(27(25)33)24(19-31)9-11-26(32)28-3/h8,10,16,19-21,24H,4-7,9,11-15,17-18H2,1-3H3,(H,28,32). The van der Waals surface area contributed by atoms with Crippen LogP contribution in [0.25, 0.3) is 0 Å². The Kier molecular flexibility index (Phi) is 9.48. The van der Waals surface area contributed by atoms with Gasteiger partial charge in [0.2, 0.25) is 5.91 Å². The van der Waals surface area contributed by atoms with Crippen molar-refractivity contribution in [2.75, 3.05) is 26.7 Å². The SMILES string of the molecule is CCCC(CCC)CN1CCC(c2ccc3c(c2)CN(C(C=O)CCC(=O)NC)C3=O)CC1. The monoisotopic (exact) mass is 455 g/mol. The molecule has 6 heteroatoms. The van der Waals surface area contributed by atoms with Crippen LogP contribution < -0.4 is 5.32 Å². The Labute approximate surface area is 199 Å². The quantitative estimate of drug-likeness (QED) is 0.481. The second-order valence-electron chi connectivity index (χ2n) is 9.78. The Morgan fingerprint density at radius 1 is 1.15 bits per heavy atom. The van der Waals surface area contributed by atoms with Gasteiger partial charge < -0.3 is 19.9 Å². The largest absolute Gasteiger partial charge is 0.359 e. The number of piperidine rings is 1. The van der Waals surface area contributed by atoms with Gasteiger partial charge in [-0.15, -0.1) is 0 Å². The lowest BCUT2D eigenvalue weighted by Gasteiger charge is -2.34. The number of hydrogen-bond acceptors (Lipinski definition) is 4. The summed E-state index contributed by atoms with van der Waals surface area (Å²) in [5.74, 6) is 1.14. The highest BCUT2D eigenvalue weighted by molar-refractivity contribution is 5.99. The number of carbonyl (C=O) groups excluding carboxylic acids is 3. The summed E-state index contributed by atoms with van der Waals surface area (Å²) in [5.41, 5.74) is 3.03. The molecule has 1 saturated heterocycles. The number of aldehydes is 1. The number of likely N-dealkylation sites (tertiary alicyclic amines) is 1. The van der Waals surface area contributed by atoms with Gasteiger partial charge in [0.05, 0.1) is 6.04 Å². The van der Waals surface area contributed by atoms with E-state index in [9.17, 15) is 14.4 Å². The first-order valence-corrected chi connectivity index (χ1v) is 12.8. The number of carbonyl (C=O) groups is 3. The second kappa shape index (κ2) is 12.3. The van der Waals surface area contributed by atoms with Crippen LogP contribution in [0, 0.1) is 5.92 Å². The summed E-state index contributed by atoms with van der Waals surface area (Å²) < 4.78 is 0. The smallest absolute Gasteiger partial charge is 0.255 e. The van der Waals surface area contributed by atoms with Gasteiger partial charge in [0, 0.05) is 32.1 Å². The molecule has 0 radical (unpaired) electrons. The molecule has 1 fully saturated rings. The average molecular weight is 456 g/mol. The first-order chi connectivity index (χ1) is 16.0. The van der Waals surface area contributed by atoms with Crippen LogP contribution >= 0.6 is 0 Å². The van der Waals surface area contributed by atoms with Crippen LogP contribution in [0.1, 0.15) is 92.6 Å². The number of benzene rings is 1. The first kappa shape index (κ1) is 25.4. The van der Waals surface area contributed by atoms with Gasteiger partial charge in [0.1, 0.15) is 6.29 Å². The molecule has 1 unspecified atom stereocenters. The molecule has 33 heavy (non-hydrogen) atoms. The number of hydrogen-bond donors (Lipinski definition) is 1. The van der Waals surface area contributed by atoms with Crippen molar-refractivity contribution in [3.8, 4) is 0 Å². The molecule has 0 aliphatic carbocycles. The van der Waals surface area contributed by atoms with Crippen LogP contribution in [-0.4, -0.2) is 60.6 Å². The molecule has 2 heterocycles. The van der Waals surface area contributed by atoms with Crippen LogP contribution in [0.3, 0.4) is 0 Å². The van der Waals surface area contributed by atoms with E-state index < -0.39 is 6.04 Å². The first-order valence-electron chi connectivity index (χ1n) is 12.8. The molecular weight excluding hydrogens is 414 g/mol. The fourth-order valence-electron chi connectivity index (χ4n) is 5.54. The molecular formula is C27H41N3O3. The third kappa shape index (κ3) is 6.44. The molecule has 2 aliphatic heterocycles. The lowest BCUT2D eigenvalue weighted by molar-refractivity contribution is -0.121. The number of rotatable bonds is 12. The topological polar surface area (TPSA) is 69.7 Å². The molecule has 0 bridgehead atoms. The maximum atomic E-state index is 12.9. The van der Waals surface area contributed by atoms with E-state index >= 15 is 0 Å². The van der Waals surface area contributed by atoms with Gasteiger partial charge in [-0.3, -0.25) is 9.59 Å². The van der Waals surface area contributed by atoms with E-state index in [0.717, 1.165) is 43.7 Å². The Morgan fingerprint density at radius 3 is 2.45 bits per heavy atom. The zero-order valence-electron chi connectivity index (χ0n) is 20.6. The van der Waals surface area contributed by atoms with E-state index in [0.29, 0.717) is 24.4 Å². The summed E-state index contributed by atoms with van der Waals surface area (Å²) >= 11 is 0. The van der Waals surface area contributed by atoms with Crippen LogP contribution in [-0.2, 0) is 16.1 Å². The van der Waals surface area contributed by atoms with Crippen molar-refractivity contribution in [3.63, 3.8) is 0 Å². The summed E-state index contributed by atoms with van der Waals surface area (Å²) in [6.45, 7) is 8.54. The summed E-state index contributed by atoms with van der Waals surface area (Å²) in [6.07, 6.45) is 8.89. The maximum Gasteiger partial charge on any atom is 0.255 e. The third-order valence-corrected chi connectivity index (χ3v) is 7.43. The molecule has 2 amide bonds. The van der Waals surface area contributed by atoms with Crippen molar-refractivity contribution in [3.05, 3.63) is 34.9 Å². The highest BCUT2D eigenvalue weighted by atomic mass is 16.2. The zero-order valence-corrected chi connectivity index (χ0v) is 20.6. The van der Waals surface area contributed by atoms with E-state index in [1.807, 2.05) is 6.07 Å². The van der Waals surface area contributed by atoms with Gasteiger partial charge >= 0.3 is 0 Å². The van der Waals surface area contributed by atoms with Crippen molar-refractivity contribution in [1.29, 1.82) is 0 Å². The summed E-state index contributed by atoms with van der Waals surface area (Å²) in [5, 5.41) is 2.57. The van der Waals surface area contributed by atoms with E-state index in [-0.39, 0.29) is 18.2 Å². The second-order valence-corrected chi connectivity index (χ2v) is 9.78. The van der Waals surface area contributed by atoms with E-state index in [2.05, 4.69) is 36.2 Å². The van der Waals surface area contributed by atoms with Gasteiger partial charge in [0.15, 0.2) is 0 Å². The minimum atomic E-state index is -0.562. The molecule has 1 N–H and O–H groups in total. The van der Waals surface area contributed by atoms with Gasteiger partial charge in [-0.2, -0.15) is 0 Å². The molecule has 1 aromatic rings. The minimum Gasteiger partial charge on any atom is -0.359 e. The van der Waals surface area contributed by atoms with E-state index in [1.54, 1.807) is 11.9 Å². The molecule has 182 valence electrons. The molecule has 3 rings (SSSR count). The molecule has 6 nitrogen and oxygen atoms in total. The van der Waals surface area contributed by atoms with Crippen LogP contribution in [0.15, 0.2) is 18.2 Å². The van der Waals surface area contributed by atoms with Crippen molar-refractivity contribution < 1.29 is 14.4 Å². The summed E-state index contributed by atoms with van der Waals surface area (Å²) in [7, 11) is 1.58. The lowest BCUT2D eigenvalue weighted by atomic mass is 9.87. The van der Waals surface area contributed by atoms with Gasteiger partial charge in [0.25, 0.3) is 5.91 Å². The number of nitrogens with one attached hydrogen (secondary N) is 1. The molecule has 1 aromatic carbocycles. The molecule has 0 aromatic heterocycles. The van der Waals surface area contributed by atoms with Crippen molar-refractivity contribution in [2.45, 2.75) is 83.7 Å². The Balaban J connectivity index is 1.59. The predicted octanol–water partition coefficient (Wildman–Crippen LogP) is 4.13. The maximum absolute atomic E-state index is 12.9. The van der Waals surface area contributed by atoms with Crippen LogP contribution in [0.2, 0.25) is 0 Å². The predicted molar refractivity (Wildman–Crippen MR) is 131 cm³/mol. The number of amides is 2. The average Bonchev–Trinajstić information content (AvgIpc) is 3.15. The third-order valence-electron chi connectivity index (χ3n) is 7.43. The van der Waals surface area contributed by atoms with Crippen LogP contribution in [0.4, 0.5) is 0 Å². The fraction of sp³-hybridized carbons (Fsp3) is 0.667. The minimum absolute atomic E-state index is 0.0988. The Bertz CT molecular complexity index is 811. The van der Waals surface area contributed by atoms with Gasteiger partial charge in [-0.05, 0) is 74.2 Å². The number of nitrogens with zero attached hydrogens (tertiary/aromatic N) is 2.